The molecule has 0 fully saturated rings. The predicted octanol–water partition coefficient (Wildman–Crippen LogP) is 4.44. The second-order valence-electron chi connectivity index (χ2n) is 6.42. The van der Waals surface area contributed by atoms with Gasteiger partial charge >= 0.3 is 0 Å². The van der Waals surface area contributed by atoms with Crippen molar-refractivity contribution in [1.82, 2.24) is 9.97 Å². The number of aromatic nitrogens is 2. The van der Waals surface area contributed by atoms with Crippen LogP contribution in [0, 0.1) is 10.1 Å². The molecular weight excluding hydrogens is 420 g/mol. The van der Waals surface area contributed by atoms with E-state index in [4.69, 9.17) is 9.47 Å². The standard InChI is InChI=1S/C21H16N4O5S/c1-29-19-7-16(18(25(27)28)8-20(19)30-10-15-11-31-12-23-15)21(26)24-14-6-13-4-2-3-5-17(13)22-9-14/h2-9,11-12H,10H2,1H3,(H,24,26). The number of hydrogen-bond acceptors (Lipinski definition) is 8. The monoisotopic (exact) mass is 436 g/mol. The van der Waals surface area contributed by atoms with Crippen LogP contribution in [-0.4, -0.2) is 27.9 Å². The molecule has 0 atom stereocenters. The number of nitrogens with one attached hydrogen (secondary N) is 1. The van der Waals surface area contributed by atoms with Crippen molar-refractivity contribution < 1.29 is 19.2 Å². The number of nitrogens with zero attached hydrogens (tertiary/aromatic N) is 3. The summed E-state index contributed by atoms with van der Waals surface area (Å²) in [6.45, 7) is 0.116. The number of thiazole rings is 1. The molecule has 0 radical (unpaired) electrons. The summed E-state index contributed by atoms with van der Waals surface area (Å²) >= 11 is 1.41. The Balaban J connectivity index is 1.63. The molecule has 2 aromatic heterocycles. The van der Waals surface area contributed by atoms with Gasteiger partial charge in [0, 0.05) is 16.8 Å². The maximum absolute atomic E-state index is 12.9. The van der Waals surface area contributed by atoms with E-state index in [2.05, 4.69) is 15.3 Å². The fourth-order valence-corrected chi connectivity index (χ4v) is 3.50. The average molecular weight is 436 g/mol. The number of pyridine rings is 1. The van der Waals surface area contributed by atoms with Gasteiger partial charge in [0.25, 0.3) is 11.6 Å². The first-order valence-electron chi connectivity index (χ1n) is 9.07. The number of para-hydroxylation sites is 1. The molecule has 0 bridgehead atoms. The number of carbonyl (C=O) groups is 1. The number of rotatable bonds is 7. The van der Waals surface area contributed by atoms with Crippen LogP contribution >= 0.6 is 11.3 Å². The van der Waals surface area contributed by atoms with Gasteiger partial charge in [-0.05, 0) is 12.1 Å². The number of anilines is 1. The number of nitro benzene ring substituents is 1. The molecule has 0 aliphatic rings. The highest BCUT2D eigenvalue weighted by Crippen LogP contribution is 2.35. The summed E-state index contributed by atoms with van der Waals surface area (Å²) in [5.74, 6) is -0.318. The maximum Gasteiger partial charge on any atom is 0.286 e. The first kappa shape index (κ1) is 20.2. The number of methoxy groups -OCH3 is 1. The van der Waals surface area contributed by atoms with E-state index in [0.717, 1.165) is 10.9 Å². The zero-order chi connectivity index (χ0) is 21.8. The molecule has 31 heavy (non-hydrogen) atoms. The van der Waals surface area contributed by atoms with E-state index < -0.39 is 16.5 Å². The Morgan fingerprint density at radius 1 is 1.19 bits per heavy atom. The molecule has 1 amide bonds. The Morgan fingerprint density at radius 2 is 2.03 bits per heavy atom. The highest BCUT2D eigenvalue weighted by molar-refractivity contribution is 7.07. The molecule has 0 spiro atoms. The minimum Gasteiger partial charge on any atom is -0.493 e. The Labute approximate surface area is 180 Å². The fourth-order valence-electron chi connectivity index (χ4n) is 2.95. The molecule has 10 heteroatoms. The molecule has 0 saturated heterocycles. The van der Waals surface area contributed by atoms with E-state index in [1.54, 1.807) is 17.0 Å². The van der Waals surface area contributed by atoms with E-state index in [0.29, 0.717) is 11.4 Å². The number of nitro groups is 1. The lowest BCUT2D eigenvalue weighted by Gasteiger charge is -2.12. The zero-order valence-corrected chi connectivity index (χ0v) is 17.1. The van der Waals surface area contributed by atoms with E-state index >= 15 is 0 Å². The predicted molar refractivity (Wildman–Crippen MR) is 116 cm³/mol. The van der Waals surface area contributed by atoms with Gasteiger partial charge in [-0.15, -0.1) is 11.3 Å². The molecule has 2 aromatic carbocycles. The number of ether oxygens (including phenoxy) is 2. The number of amides is 1. The van der Waals surface area contributed by atoms with E-state index in [1.165, 1.54) is 36.8 Å². The number of hydrogen-bond donors (Lipinski definition) is 1. The molecule has 9 nitrogen and oxygen atoms in total. The van der Waals surface area contributed by atoms with Gasteiger partial charge in [-0.2, -0.15) is 0 Å². The third-order valence-electron chi connectivity index (χ3n) is 4.43. The Bertz CT molecular complexity index is 1260. The molecule has 1 N–H and O–H groups in total. The van der Waals surface area contributed by atoms with Gasteiger partial charge in [0.15, 0.2) is 11.5 Å². The largest absolute Gasteiger partial charge is 0.493 e. The van der Waals surface area contributed by atoms with Crippen LogP contribution in [0.5, 0.6) is 11.5 Å². The third kappa shape index (κ3) is 4.43. The van der Waals surface area contributed by atoms with Crippen molar-refractivity contribution >= 4 is 39.5 Å². The summed E-state index contributed by atoms with van der Waals surface area (Å²) in [4.78, 5) is 32.3. The minimum absolute atomic E-state index is 0.116. The fraction of sp³-hybridized carbons (Fsp3) is 0.0952. The number of benzene rings is 2. The summed E-state index contributed by atoms with van der Waals surface area (Å²) in [7, 11) is 1.39. The first-order chi connectivity index (χ1) is 15.0. The molecule has 0 unspecified atom stereocenters. The van der Waals surface area contributed by atoms with Crippen molar-refractivity contribution in [3.05, 3.63) is 80.9 Å². The molecule has 0 saturated carbocycles. The average Bonchev–Trinajstić information content (AvgIpc) is 3.30. The Morgan fingerprint density at radius 3 is 2.77 bits per heavy atom. The van der Waals surface area contributed by atoms with Gasteiger partial charge in [-0.25, -0.2) is 4.98 Å². The lowest BCUT2D eigenvalue weighted by Crippen LogP contribution is -2.15. The summed E-state index contributed by atoms with van der Waals surface area (Å²) in [5.41, 5.74) is 2.97. The lowest BCUT2D eigenvalue weighted by atomic mass is 10.1. The molecule has 0 aliphatic heterocycles. The van der Waals surface area contributed by atoms with Crippen LogP contribution in [-0.2, 0) is 6.61 Å². The molecule has 0 aliphatic carbocycles. The van der Waals surface area contributed by atoms with Gasteiger partial charge in [0.2, 0.25) is 0 Å². The lowest BCUT2D eigenvalue weighted by molar-refractivity contribution is -0.385. The Kier molecular flexibility index (Phi) is 5.72. The highest BCUT2D eigenvalue weighted by atomic mass is 32.1. The van der Waals surface area contributed by atoms with Crippen LogP contribution in [0.2, 0.25) is 0 Å². The minimum atomic E-state index is -0.659. The molecule has 156 valence electrons. The topological polar surface area (TPSA) is 116 Å². The molecule has 4 aromatic rings. The van der Waals surface area contributed by atoms with Crippen molar-refractivity contribution in [1.29, 1.82) is 0 Å². The van der Waals surface area contributed by atoms with Crippen molar-refractivity contribution in [3.63, 3.8) is 0 Å². The van der Waals surface area contributed by atoms with Crippen LogP contribution in [0.25, 0.3) is 10.9 Å². The van der Waals surface area contributed by atoms with Gasteiger partial charge in [-0.3, -0.25) is 19.9 Å². The van der Waals surface area contributed by atoms with Crippen LogP contribution < -0.4 is 14.8 Å². The third-order valence-corrected chi connectivity index (χ3v) is 5.07. The summed E-state index contributed by atoms with van der Waals surface area (Å²) in [6.07, 6.45) is 1.49. The van der Waals surface area contributed by atoms with Crippen molar-refractivity contribution in [2.45, 2.75) is 6.61 Å². The van der Waals surface area contributed by atoms with Crippen molar-refractivity contribution in [2.24, 2.45) is 0 Å². The second-order valence-corrected chi connectivity index (χ2v) is 7.14. The van der Waals surface area contributed by atoms with Crippen LogP contribution in [0.4, 0.5) is 11.4 Å². The number of fused-ring (bicyclic) bond motifs is 1. The van der Waals surface area contributed by atoms with Crippen LogP contribution in [0.3, 0.4) is 0 Å². The first-order valence-corrected chi connectivity index (χ1v) is 10.0. The summed E-state index contributed by atoms with van der Waals surface area (Å²) in [5, 5.41) is 16.9. The normalized spacial score (nSPS) is 10.6. The van der Waals surface area contributed by atoms with Crippen molar-refractivity contribution in [2.75, 3.05) is 12.4 Å². The molecule has 4 rings (SSSR count). The maximum atomic E-state index is 12.9. The summed E-state index contributed by atoms with van der Waals surface area (Å²) < 4.78 is 10.9. The van der Waals surface area contributed by atoms with Gasteiger partial charge in [-0.1, -0.05) is 18.2 Å². The van der Waals surface area contributed by atoms with Crippen molar-refractivity contribution in [3.8, 4) is 11.5 Å². The van der Waals surface area contributed by atoms with E-state index in [-0.39, 0.29) is 23.7 Å². The quantitative estimate of drug-likeness (QED) is 0.336. The van der Waals surface area contributed by atoms with Gasteiger partial charge in [0.1, 0.15) is 12.2 Å². The summed E-state index contributed by atoms with van der Waals surface area (Å²) in [6, 6.07) is 11.6. The highest BCUT2D eigenvalue weighted by Gasteiger charge is 2.25. The van der Waals surface area contributed by atoms with Crippen LogP contribution in [0.1, 0.15) is 16.1 Å². The molecule has 2 heterocycles. The SMILES string of the molecule is COc1cc(C(=O)Nc2cnc3ccccc3c2)c([N+](=O)[O-])cc1OCc1cscn1. The zero-order valence-electron chi connectivity index (χ0n) is 16.3. The van der Waals surface area contributed by atoms with E-state index in [9.17, 15) is 14.9 Å². The Hall–Kier alpha value is -4.05. The smallest absolute Gasteiger partial charge is 0.286 e. The van der Waals surface area contributed by atoms with Crippen LogP contribution in [0.15, 0.2) is 59.6 Å². The van der Waals surface area contributed by atoms with E-state index in [1.807, 2.05) is 24.3 Å². The van der Waals surface area contributed by atoms with Gasteiger partial charge in [0.05, 0.1) is 46.7 Å². The number of carbonyl (C=O) groups excluding carboxylic acids is 1. The molecular formula is C21H16N4O5S. The second kappa shape index (κ2) is 8.76. The van der Waals surface area contributed by atoms with Gasteiger partial charge < -0.3 is 14.8 Å².